The van der Waals surface area contributed by atoms with Gasteiger partial charge in [0.1, 0.15) is 72.8 Å². The molecule has 16 atom stereocenters. The number of aliphatic hydroxyl groups excluding tert-OH is 6. The van der Waals surface area contributed by atoms with Crippen molar-refractivity contribution in [3.63, 3.8) is 0 Å². The Balaban J connectivity index is 1.04. The monoisotopic (exact) mass is 1400 g/mol. The molecule has 0 radical (unpaired) electrons. The van der Waals surface area contributed by atoms with Gasteiger partial charge in [-0.1, -0.05) is 74.0 Å². The summed E-state index contributed by atoms with van der Waals surface area (Å²) in [5, 5.41) is 113. The summed E-state index contributed by atoms with van der Waals surface area (Å²) >= 11 is 6.94. The molecule has 3 aromatic rings. The molecular formula is C69H89ClN10O19. The van der Waals surface area contributed by atoms with Crippen LogP contribution in [0.4, 0.5) is 0 Å². The number of hydrogen-bond donors (Lipinski definition) is 18. The van der Waals surface area contributed by atoms with E-state index in [1.54, 1.807) is 0 Å². The SMILES string of the molecule is CNC(CC(C)C)C(=O)NC1C(=O)NC(CC(N)=O)C(=O)NC2C=CC(=C(OC3OC(CN)C(O)C(O)C3O)COc3ccc(cc3Cl)C(O)CC(=O)NC(C(=O)NC3C4CC5CC(C4)CC3C5)C3=CC(O)CC4C3c3cc(ccc3C4(O)O)C(C(N)=O)NC2)Oc2ccc(cc2)C1O. The summed E-state index contributed by atoms with van der Waals surface area (Å²) in [7, 11) is 1.54. The highest BCUT2D eigenvalue weighted by Gasteiger charge is 2.57. The molecule has 29 nitrogen and oxygen atoms in total. The maximum Gasteiger partial charge on any atom is 0.247 e. The predicted octanol–water partition coefficient (Wildman–Crippen LogP) is -1.42. The van der Waals surface area contributed by atoms with Crippen molar-refractivity contribution in [3.05, 3.63) is 129 Å². The maximum absolute atomic E-state index is 15.3. The van der Waals surface area contributed by atoms with E-state index in [0.29, 0.717) is 18.3 Å². The largest absolute Gasteiger partial charge is 0.484 e. The van der Waals surface area contributed by atoms with Gasteiger partial charge in [0.2, 0.25) is 47.6 Å². The number of aliphatic hydroxyl groups is 8. The number of ether oxygens (including phenoxy) is 4. The van der Waals surface area contributed by atoms with Crippen molar-refractivity contribution in [3.8, 4) is 11.5 Å². The standard InChI is InChI=1S/C69H89ClN10O19/c1-29(2)14-45(74-3)64(90)80-58-59(85)32-4-9-39(10-5-32)97-49-13-8-37(76-65(91)46(24-52(72)83)77-67(58)93)27-75-56(63(73)89)34-6-11-42-40(20-34)54-41(22-38(81)23-43(54)69(42,94)95)57(66(92)79-55-35-16-30-15-31(18-35)19-36(55)17-30)78-53(84)25-47(82)33-7-12-48(44(70)21-33)96-28-51(49)99-68-62(88)61(87)60(86)50(26-71)98-68/h4-13,20-22,29-31,35-38,43,45-47,50,54-62,68,74-75,81-82,85-88,94-95H,14-19,23-28,71H2,1-3H3,(H2,72,83)(H2,73,89)(H,76,91)(H,77,93)(H,78,84)(H,79,92)(H,80,90). The zero-order chi connectivity index (χ0) is 71.0. The third kappa shape index (κ3) is 15.8. The first-order valence-corrected chi connectivity index (χ1v) is 34.0. The highest BCUT2D eigenvalue weighted by Crippen LogP contribution is 2.57. The van der Waals surface area contributed by atoms with Crippen LogP contribution < -0.4 is 63.9 Å². The summed E-state index contributed by atoms with van der Waals surface area (Å²) in [4.78, 5) is 100. The Morgan fingerprint density at radius 2 is 1.48 bits per heavy atom. The third-order valence-electron chi connectivity index (χ3n) is 20.6. The molecule has 99 heavy (non-hydrogen) atoms. The molecule has 5 aliphatic heterocycles. The second kappa shape index (κ2) is 30.3. The van der Waals surface area contributed by atoms with E-state index in [4.69, 9.17) is 47.7 Å². The fourth-order valence-electron chi connectivity index (χ4n) is 15.9. The van der Waals surface area contributed by atoms with Crippen LogP contribution in [0.25, 0.3) is 0 Å². The van der Waals surface area contributed by atoms with Gasteiger partial charge >= 0.3 is 0 Å². The summed E-state index contributed by atoms with van der Waals surface area (Å²) in [5.74, 6) is -10.9. The van der Waals surface area contributed by atoms with E-state index < -0.39 is 170 Å². The van der Waals surface area contributed by atoms with E-state index in [-0.39, 0.29) is 98.2 Å². The molecule has 16 unspecified atom stereocenters. The van der Waals surface area contributed by atoms with Crippen LogP contribution in [-0.4, -0.2) is 182 Å². The molecule has 11 aliphatic rings. The van der Waals surface area contributed by atoms with E-state index in [0.717, 1.165) is 32.1 Å². The number of halogens is 1. The summed E-state index contributed by atoms with van der Waals surface area (Å²) < 4.78 is 25.1. The van der Waals surface area contributed by atoms with Gasteiger partial charge in [0.25, 0.3) is 0 Å². The number of benzene rings is 3. The minimum Gasteiger partial charge on any atom is -0.484 e. The van der Waals surface area contributed by atoms with Crippen LogP contribution in [0, 0.1) is 35.5 Å². The molecular weight excluding hydrogens is 1310 g/mol. The lowest BCUT2D eigenvalue weighted by molar-refractivity contribution is -0.285. The van der Waals surface area contributed by atoms with Crippen LogP contribution in [0.1, 0.15) is 124 Å². The number of fused-ring (bicyclic) bond motifs is 18. The van der Waals surface area contributed by atoms with Gasteiger partial charge in [-0.25, -0.2) is 0 Å². The number of carbonyl (C=O) groups is 7. The number of hydrogen-bond acceptors (Lipinski definition) is 22. The predicted molar refractivity (Wildman–Crippen MR) is 352 cm³/mol. The number of allylic oxidation sites excluding steroid dienone is 1. The molecule has 14 rings (SSSR count). The van der Waals surface area contributed by atoms with Crippen LogP contribution in [0.3, 0.4) is 0 Å². The molecule has 0 aromatic heterocycles. The topological polar surface area (TPSA) is 481 Å². The number of carbonyl (C=O) groups excluding carboxylic acids is 7. The number of amides is 7. The molecule has 0 spiro atoms. The molecule has 5 heterocycles. The van der Waals surface area contributed by atoms with E-state index in [1.165, 1.54) is 85.9 Å². The molecule has 5 fully saturated rings. The molecule has 7 amide bonds. The van der Waals surface area contributed by atoms with Crippen LogP contribution in [0.5, 0.6) is 11.5 Å². The van der Waals surface area contributed by atoms with E-state index in [1.807, 2.05) is 13.8 Å². The lowest BCUT2D eigenvalue weighted by atomic mass is 9.54. The average molecular weight is 1400 g/mol. The smallest absolute Gasteiger partial charge is 0.247 e. The Labute approximate surface area is 575 Å². The number of rotatable bonds is 13. The van der Waals surface area contributed by atoms with Crippen LogP contribution in [0.2, 0.25) is 5.02 Å². The molecule has 3 aromatic carbocycles. The molecule has 21 N–H and O–H groups in total. The van der Waals surface area contributed by atoms with Crippen molar-refractivity contribution in [1.82, 2.24) is 37.2 Å². The highest BCUT2D eigenvalue weighted by molar-refractivity contribution is 6.32. The van der Waals surface area contributed by atoms with E-state index in [2.05, 4.69) is 37.2 Å². The molecule has 536 valence electrons. The second-order valence-electron chi connectivity index (χ2n) is 28.0. The Bertz CT molecular complexity index is 3620. The first-order chi connectivity index (χ1) is 47.1. The lowest BCUT2D eigenvalue weighted by Gasteiger charge is -2.54. The number of primary amides is 2. The van der Waals surface area contributed by atoms with Crippen molar-refractivity contribution in [2.75, 3.05) is 26.7 Å². The Hall–Kier alpha value is -7.62. The third-order valence-corrected chi connectivity index (χ3v) is 20.9. The Morgan fingerprint density at radius 1 is 0.798 bits per heavy atom. The Kier molecular flexibility index (Phi) is 22.2. The van der Waals surface area contributed by atoms with Gasteiger partial charge in [-0.05, 0) is 140 Å². The number of likely N-dealkylation sites (N-methyl/N-ethyl adjacent to an activating group) is 1. The number of nitrogens with two attached hydrogens (primary N) is 3. The molecule has 4 saturated carbocycles. The summed E-state index contributed by atoms with van der Waals surface area (Å²) in [6, 6.07) is 4.47. The van der Waals surface area contributed by atoms with Gasteiger partial charge in [0.05, 0.1) is 42.2 Å². The zero-order valence-corrected chi connectivity index (χ0v) is 55.6. The molecule has 1 saturated heterocycles. The van der Waals surface area contributed by atoms with Gasteiger partial charge in [-0.3, -0.25) is 38.9 Å². The fourth-order valence-corrected chi connectivity index (χ4v) is 16.2. The lowest BCUT2D eigenvalue weighted by Crippen LogP contribution is -2.60. The molecule has 12 bridgehead atoms. The fraction of sp³-hybridized carbons (Fsp3) is 0.551. The van der Waals surface area contributed by atoms with Crippen LogP contribution >= 0.6 is 11.6 Å². The highest BCUT2D eigenvalue weighted by atomic mass is 35.5. The Morgan fingerprint density at radius 3 is 2.13 bits per heavy atom. The van der Waals surface area contributed by atoms with E-state index in [9.17, 15) is 69.6 Å². The average Bonchev–Trinajstić information content (AvgIpc) is 1.56. The van der Waals surface area contributed by atoms with Crippen molar-refractivity contribution in [2.45, 2.75) is 175 Å². The molecule has 6 aliphatic carbocycles. The van der Waals surface area contributed by atoms with Gasteiger partial charge in [-0.15, -0.1) is 0 Å². The van der Waals surface area contributed by atoms with Gasteiger partial charge in [-0.2, -0.15) is 0 Å². The van der Waals surface area contributed by atoms with Crippen molar-refractivity contribution >= 4 is 53.0 Å². The summed E-state index contributed by atoms with van der Waals surface area (Å²) in [6.45, 7) is 2.17. The maximum atomic E-state index is 15.3. The minimum absolute atomic E-state index is 0.0139. The molecule has 30 heteroatoms. The van der Waals surface area contributed by atoms with Gasteiger partial charge in [0, 0.05) is 36.5 Å². The second-order valence-corrected chi connectivity index (χ2v) is 28.4. The van der Waals surface area contributed by atoms with Crippen molar-refractivity contribution in [1.29, 1.82) is 0 Å². The van der Waals surface area contributed by atoms with Crippen molar-refractivity contribution < 1.29 is 93.4 Å². The first-order valence-electron chi connectivity index (χ1n) is 33.6. The quantitative estimate of drug-likeness (QED) is 0.0690. The first kappa shape index (κ1) is 72.6. The zero-order valence-electron chi connectivity index (χ0n) is 54.9. The minimum atomic E-state index is -2.68. The normalized spacial score (nSPS) is 34.0. The summed E-state index contributed by atoms with van der Waals surface area (Å²) in [5.41, 5.74) is 18.4. The van der Waals surface area contributed by atoms with Crippen molar-refractivity contribution in [2.24, 2.45) is 52.7 Å². The van der Waals surface area contributed by atoms with E-state index >= 15 is 4.79 Å². The van der Waals surface area contributed by atoms with Gasteiger partial charge < -0.3 is 109 Å². The van der Waals surface area contributed by atoms with Gasteiger partial charge in [0.15, 0.2) is 17.3 Å². The van der Waals surface area contributed by atoms with Crippen LogP contribution in [0.15, 0.2) is 96.0 Å². The number of nitrogens with one attached hydrogen (secondary N) is 7. The summed E-state index contributed by atoms with van der Waals surface area (Å²) in [6.07, 6.45) is -6.13. The van der Waals surface area contributed by atoms with Crippen LogP contribution in [-0.2, 0) is 48.8 Å².